The monoisotopic (exact) mass is 489 g/mol. The smallest absolute Gasteiger partial charge is 0.307 e. The van der Waals surface area contributed by atoms with E-state index in [0.717, 1.165) is 24.8 Å². The number of phenols is 1. The fraction of sp³-hybridized carbons (Fsp3) is 0.241. The first-order valence-electron chi connectivity index (χ1n) is 11.8. The molecule has 0 aliphatic carbocycles. The molecule has 0 unspecified atom stereocenters. The average molecular weight is 490 g/mol. The van der Waals surface area contributed by atoms with Gasteiger partial charge in [0.1, 0.15) is 5.75 Å². The number of hydrogen-bond donors (Lipinski definition) is 3. The van der Waals surface area contributed by atoms with Crippen LogP contribution in [0.15, 0.2) is 66.7 Å². The minimum absolute atomic E-state index is 0.133. The summed E-state index contributed by atoms with van der Waals surface area (Å²) in [5.41, 5.74) is 2.35. The summed E-state index contributed by atoms with van der Waals surface area (Å²) in [7, 11) is 1.57. The maximum absolute atomic E-state index is 13.4. The first-order chi connectivity index (χ1) is 17.4. The number of methoxy groups -OCH3 is 1. The molecular weight excluding hydrogens is 458 g/mol. The van der Waals surface area contributed by atoms with Crippen LogP contribution in [0.25, 0.3) is 11.6 Å². The van der Waals surface area contributed by atoms with Gasteiger partial charge >= 0.3 is 5.97 Å². The lowest BCUT2D eigenvalue weighted by Crippen LogP contribution is -2.14. The number of unbranched alkanes of at least 4 members (excludes halogenated alkanes) is 2. The lowest BCUT2D eigenvalue weighted by molar-refractivity contribution is -0.136. The van der Waals surface area contributed by atoms with Gasteiger partial charge in [-0.15, -0.1) is 0 Å². The number of rotatable bonds is 12. The molecule has 36 heavy (non-hydrogen) atoms. The highest BCUT2D eigenvalue weighted by Crippen LogP contribution is 2.31. The predicted molar refractivity (Wildman–Crippen MR) is 140 cm³/mol. The lowest BCUT2D eigenvalue weighted by atomic mass is 10.0. The van der Waals surface area contributed by atoms with Crippen molar-refractivity contribution >= 4 is 29.2 Å². The van der Waals surface area contributed by atoms with Crippen molar-refractivity contribution in [1.29, 1.82) is 0 Å². The number of carbonyl (C=O) groups is 2. The summed E-state index contributed by atoms with van der Waals surface area (Å²) in [4.78, 5) is 24.4. The molecular formula is C29H31NO6. The number of anilines is 1. The summed E-state index contributed by atoms with van der Waals surface area (Å²) in [5.74, 6) is -0.419. The van der Waals surface area contributed by atoms with Crippen LogP contribution in [-0.2, 0) is 16.0 Å². The zero-order chi connectivity index (χ0) is 25.9. The van der Waals surface area contributed by atoms with Crippen molar-refractivity contribution in [1.82, 2.24) is 0 Å². The van der Waals surface area contributed by atoms with Crippen molar-refractivity contribution in [3.63, 3.8) is 0 Å². The summed E-state index contributed by atoms with van der Waals surface area (Å²) in [6.45, 7) is 2.73. The van der Waals surface area contributed by atoms with Crippen LogP contribution in [0.2, 0.25) is 0 Å². The van der Waals surface area contributed by atoms with Crippen LogP contribution in [0.5, 0.6) is 17.2 Å². The Morgan fingerprint density at radius 1 is 0.972 bits per heavy atom. The van der Waals surface area contributed by atoms with Crippen molar-refractivity contribution in [2.75, 3.05) is 19.0 Å². The molecule has 1 amide bonds. The van der Waals surface area contributed by atoms with E-state index in [9.17, 15) is 14.7 Å². The fourth-order valence-corrected chi connectivity index (χ4v) is 3.65. The molecule has 0 atom stereocenters. The Labute approximate surface area is 211 Å². The number of nitrogens with one attached hydrogen (secondary N) is 1. The maximum Gasteiger partial charge on any atom is 0.307 e. The van der Waals surface area contributed by atoms with Crippen molar-refractivity contribution in [3.05, 3.63) is 83.4 Å². The Morgan fingerprint density at radius 2 is 1.75 bits per heavy atom. The Bertz CT molecular complexity index is 1220. The molecule has 3 aromatic rings. The van der Waals surface area contributed by atoms with Gasteiger partial charge < -0.3 is 25.0 Å². The molecule has 3 aromatic carbocycles. The van der Waals surface area contributed by atoms with Gasteiger partial charge in [0.25, 0.3) is 5.91 Å². The van der Waals surface area contributed by atoms with E-state index in [1.165, 1.54) is 18.2 Å². The van der Waals surface area contributed by atoms with Gasteiger partial charge in [-0.1, -0.05) is 62.2 Å². The fourth-order valence-electron chi connectivity index (χ4n) is 3.65. The minimum atomic E-state index is -1.01. The van der Waals surface area contributed by atoms with E-state index < -0.39 is 11.9 Å². The van der Waals surface area contributed by atoms with Crippen molar-refractivity contribution in [3.8, 4) is 17.2 Å². The first-order valence-corrected chi connectivity index (χ1v) is 11.8. The van der Waals surface area contributed by atoms with Gasteiger partial charge in [0.2, 0.25) is 0 Å². The van der Waals surface area contributed by atoms with Crippen LogP contribution in [0.3, 0.4) is 0 Å². The van der Waals surface area contributed by atoms with Crippen LogP contribution in [0.4, 0.5) is 5.69 Å². The van der Waals surface area contributed by atoms with E-state index in [1.54, 1.807) is 19.3 Å². The topological polar surface area (TPSA) is 105 Å². The standard InChI is InChI=1S/C29H31NO6/c1-3-4-8-15-36-26-14-12-20(18-27(26)35-2)16-23(22-9-6-5-7-10-22)29(34)30-24-17-21(19-28(32)33)11-13-25(24)31/h5-7,9-14,16-18,31H,3-4,8,15,19H2,1-2H3,(H,30,34)(H,32,33)/b23-16+. The maximum atomic E-state index is 13.4. The number of aliphatic carboxylic acids is 1. The third kappa shape index (κ3) is 7.37. The van der Waals surface area contributed by atoms with E-state index in [1.807, 2.05) is 42.5 Å². The van der Waals surface area contributed by atoms with Gasteiger partial charge in [0.15, 0.2) is 11.5 Å². The molecule has 0 aliphatic rings. The molecule has 0 aromatic heterocycles. The Balaban J connectivity index is 1.92. The van der Waals surface area contributed by atoms with Gasteiger partial charge in [-0.3, -0.25) is 9.59 Å². The van der Waals surface area contributed by atoms with Gasteiger partial charge in [-0.25, -0.2) is 0 Å². The second-order valence-corrected chi connectivity index (χ2v) is 8.27. The molecule has 7 nitrogen and oxygen atoms in total. The molecule has 0 bridgehead atoms. The Morgan fingerprint density at radius 3 is 2.44 bits per heavy atom. The van der Waals surface area contributed by atoms with Gasteiger partial charge in [0.05, 0.1) is 25.8 Å². The predicted octanol–water partition coefficient (Wildman–Crippen LogP) is 5.78. The molecule has 7 heteroatoms. The summed E-state index contributed by atoms with van der Waals surface area (Å²) in [6, 6.07) is 18.9. The van der Waals surface area contributed by atoms with E-state index >= 15 is 0 Å². The molecule has 0 fully saturated rings. The van der Waals surface area contributed by atoms with Crippen LogP contribution in [0, 0.1) is 0 Å². The molecule has 0 heterocycles. The van der Waals surface area contributed by atoms with E-state index in [-0.39, 0.29) is 17.9 Å². The third-order valence-electron chi connectivity index (χ3n) is 5.50. The van der Waals surface area contributed by atoms with E-state index in [2.05, 4.69) is 12.2 Å². The number of amides is 1. The summed E-state index contributed by atoms with van der Waals surface area (Å²) in [6.07, 6.45) is 4.66. The normalized spacial score (nSPS) is 11.1. The lowest BCUT2D eigenvalue weighted by Gasteiger charge is -2.13. The number of phenolic OH excluding ortho intramolecular Hbond substituents is 1. The van der Waals surface area contributed by atoms with Crippen molar-refractivity contribution < 1.29 is 29.3 Å². The van der Waals surface area contributed by atoms with Crippen LogP contribution < -0.4 is 14.8 Å². The number of ether oxygens (including phenoxy) is 2. The highest BCUT2D eigenvalue weighted by molar-refractivity contribution is 6.29. The summed E-state index contributed by atoms with van der Waals surface area (Å²) < 4.78 is 11.4. The minimum Gasteiger partial charge on any atom is -0.506 e. The molecule has 0 aliphatic heterocycles. The highest BCUT2D eigenvalue weighted by atomic mass is 16.5. The molecule has 3 N–H and O–H groups in total. The number of carbonyl (C=O) groups excluding carboxylic acids is 1. The Kier molecular flexibility index (Phi) is 9.51. The third-order valence-corrected chi connectivity index (χ3v) is 5.50. The van der Waals surface area contributed by atoms with Gasteiger partial charge in [0, 0.05) is 5.57 Å². The quantitative estimate of drug-likeness (QED) is 0.129. The number of carboxylic acid groups (broad SMARTS) is 1. The zero-order valence-electron chi connectivity index (χ0n) is 20.5. The molecule has 3 rings (SSSR count). The molecule has 0 spiro atoms. The average Bonchev–Trinajstić information content (AvgIpc) is 2.87. The van der Waals surface area contributed by atoms with Crippen LogP contribution in [0.1, 0.15) is 42.9 Å². The largest absolute Gasteiger partial charge is 0.506 e. The number of carboxylic acids is 1. The van der Waals surface area contributed by atoms with Crippen molar-refractivity contribution in [2.45, 2.75) is 32.6 Å². The number of aromatic hydroxyl groups is 1. The SMILES string of the molecule is CCCCCOc1ccc(/C=C(/C(=O)Nc2cc(CC(=O)O)ccc2O)c2ccccc2)cc1OC. The number of hydrogen-bond acceptors (Lipinski definition) is 5. The number of benzene rings is 3. The van der Waals surface area contributed by atoms with Gasteiger partial charge in [-0.2, -0.15) is 0 Å². The first kappa shape index (κ1) is 26.3. The van der Waals surface area contributed by atoms with Crippen molar-refractivity contribution in [2.24, 2.45) is 0 Å². The second-order valence-electron chi connectivity index (χ2n) is 8.27. The van der Waals surface area contributed by atoms with Crippen LogP contribution >= 0.6 is 0 Å². The molecule has 0 saturated carbocycles. The van der Waals surface area contributed by atoms with E-state index in [4.69, 9.17) is 14.6 Å². The van der Waals surface area contributed by atoms with E-state index in [0.29, 0.717) is 34.8 Å². The summed E-state index contributed by atoms with van der Waals surface area (Å²) >= 11 is 0. The second kappa shape index (κ2) is 13.0. The summed E-state index contributed by atoms with van der Waals surface area (Å²) in [5, 5.41) is 22.0. The Hall–Kier alpha value is -4.26. The molecule has 0 saturated heterocycles. The highest BCUT2D eigenvalue weighted by Gasteiger charge is 2.16. The zero-order valence-corrected chi connectivity index (χ0v) is 20.5. The van der Waals surface area contributed by atoms with Crippen LogP contribution in [-0.4, -0.2) is 35.8 Å². The molecule has 0 radical (unpaired) electrons. The molecule has 188 valence electrons. The van der Waals surface area contributed by atoms with Gasteiger partial charge in [-0.05, 0) is 53.5 Å².